The first-order chi connectivity index (χ1) is 19.2. The normalized spacial score (nSPS) is 22.6. The minimum atomic E-state index is -3.19. The molecule has 0 saturated carbocycles. The highest BCUT2D eigenvalue weighted by Gasteiger charge is 2.42. The van der Waals surface area contributed by atoms with Crippen LogP contribution in [0, 0.1) is 6.92 Å². The summed E-state index contributed by atoms with van der Waals surface area (Å²) in [6, 6.07) is 13.6. The van der Waals surface area contributed by atoms with E-state index in [9.17, 15) is 18.0 Å². The van der Waals surface area contributed by atoms with Crippen LogP contribution in [0.3, 0.4) is 0 Å². The number of carbonyl (C=O) groups is 1. The minimum Gasteiger partial charge on any atom is -0.353 e. The van der Waals surface area contributed by atoms with Gasteiger partial charge in [-0.3, -0.25) is 23.8 Å². The number of thiocarbonyl (C=S) groups is 1. The van der Waals surface area contributed by atoms with E-state index in [0.29, 0.717) is 45.8 Å². The molecule has 0 bridgehead atoms. The number of aromatic nitrogens is 2. The lowest BCUT2D eigenvalue weighted by Gasteiger charge is -2.36. The van der Waals surface area contributed by atoms with Gasteiger partial charge < -0.3 is 4.90 Å². The third kappa shape index (κ3) is 5.32. The third-order valence-electron chi connectivity index (χ3n) is 7.58. The summed E-state index contributed by atoms with van der Waals surface area (Å²) < 4.78 is 26.0. The highest BCUT2D eigenvalue weighted by Crippen LogP contribution is 2.37. The van der Waals surface area contributed by atoms with Gasteiger partial charge in [-0.1, -0.05) is 60.4 Å². The number of sulfone groups is 1. The van der Waals surface area contributed by atoms with E-state index in [1.807, 2.05) is 37.3 Å². The fraction of sp³-hybridized carbons (Fsp3) is 0.357. The van der Waals surface area contributed by atoms with E-state index < -0.39 is 15.9 Å². The number of amides is 1. The Hall–Kier alpha value is -3.06. The van der Waals surface area contributed by atoms with Crippen molar-refractivity contribution in [3.63, 3.8) is 0 Å². The van der Waals surface area contributed by atoms with Gasteiger partial charge in [0.05, 0.1) is 28.0 Å². The van der Waals surface area contributed by atoms with Crippen molar-refractivity contribution in [1.82, 2.24) is 19.2 Å². The van der Waals surface area contributed by atoms with Crippen molar-refractivity contribution in [3.05, 3.63) is 80.6 Å². The molecule has 1 aromatic carbocycles. The molecule has 1 amide bonds. The molecule has 3 fully saturated rings. The summed E-state index contributed by atoms with van der Waals surface area (Å²) in [5.74, 6) is 0.139. The number of hydrogen-bond acceptors (Lipinski definition) is 9. The van der Waals surface area contributed by atoms with Gasteiger partial charge >= 0.3 is 0 Å². The van der Waals surface area contributed by atoms with Crippen LogP contribution in [0.4, 0.5) is 5.82 Å². The molecule has 0 N–H and O–H groups in total. The van der Waals surface area contributed by atoms with Crippen LogP contribution in [0.1, 0.15) is 23.1 Å². The molecule has 1 atom stereocenters. The lowest BCUT2D eigenvalue weighted by atomic mass is 10.1. The molecule has 3 aliphatic heterocycles. The van der Waals surface area contributed by atoms with Crippen molar-refractivity contribution >= 4 is 61.6 Å². The van der Waals surface area contributed by atoms with E-state index >= 15 is 0 Å². The number of thioether (sulfide) groups is 1. The van der Waals surface area contributed by atoms with Crippen LogP contribution in [0.25, 0.3) is 11.7 Å². The van der Waals surface area contributed by atoms with Crippen molar-refractivity contribution in [2.45, 2.75) is 25.9 Å². The molecule has 3 aromatic rings. The molecule has 0 spiro atoms. The largest absolute Gasteiger partial charge is 0.353 e. The van der Waals surface area contributed by atoms with Crippen LogP contribution in [-0.2, 0) is 21.2 Å². The van der Waals surface area contributed by atoms with Gasteiger partial charge in [0.2, 0.25) is 0 Å². The van der Waals surface area contributed by atoms with Crippen molar-refractivity contribution in [2.24, 2.45) is 0 Å². The molecular formula is C28H29N5O4S3. The Bertz CT molecular complexity index is 1700. The number of piperazine rings is 1. The van der Waals surface area contributed by atoms with Crippen molar-refractivity contribution in [3.8, 4) is 0 Å². The van der Waals surface area contributed by atoms with Crippen LogP contribution in [0.5, 0.6) is 0 Å². The number of aryl methyl sites for hydroxylation is 1. The van der Waals surface area contributed by atoms with Crippen LogP contribution in [0.15, 0.2) is 58.4 Å². The smallest absolute Gasteiger partial charge is 0.267 e. The molecule has 5 heterocycles. The number of fused-ring (bicyclic) bond motifs is 1. The summed E-state index contributed by atoms with van der Waals surface area (Å²) in [4.78, 5) is 38.4. The SMILES string of the molecule is Cc1ccc2nc(N3CCN(Cc4ccccc4)CC3)c(/C=C3/SC(=S)N(C4CCS(=O)(=O)C4)C3=O)c(=O)n2c1. The molecule has 12 heteroatoms. The molecule has 1 unspecified atom stereocenters. The molecule has 0 radical (unpaired) electrons. The highest BCUT2D eigenvalue weighted by atomic mass is 32.2. The summed E-state index contributed by atoms with van der Waals surface area (Å²) in [6.07, 6.45) is 3.71. The lowest BCUT2D eigenvalue weighted by molar-refractivity contribution is -0.123. The topological polar surface area (TPSA) is 95.3 Å². The molecular weight excluding hydrogens is 567 g/mol. The summed E-state index contributed by atoms with van der Waals surface area (Å²) in [7, 11) is -3.19. The number of anilines is 1. The number of benzene rings is 1. The van der Waals surface area contributed by atoms with Crippen molar-refractivity contribution in [1.29, 1.82) is 0 Å². The van der Waals surface area contributed by atoms with Crippen molar-refractivity contribution in [2.75, 3.05) is 42.6 Å². The molecule has 9 nitrogen and oxygen atoms in total. The molecule has 40 heavy (non-hydrogen) atoms. The first-order valence-corrected chi connectivity index (χ1v) is 16.2. The van der Waals surface area contributed by atoms with Gasteiger partial charge in [-0.2, -0.15) is 0 Å². The van der Waals surface area contributed by atoms with E-state index in [1.54, 1.807) is 12.3 Å². The fourth-order valence-electron chi connectivity index (χ4n) is 5.48. The summed E-state index contributed by atoms with van der Waals surface area (Å²) >= 11 is 6.60. The minimum absolute atomic E-state index is 0.0451. The van der Waals surface area contributed by atoms with E-state index in [1.165, 1.54) is 14.9 Å². The maximum atomic E-state index is 13.8. The average molecular weight is 596 g/mol. The number of hydrogen-bond donors (Lipinski definition) is 0. The van der Waals surface area contributed by atoms with Crippen LogP contribution in [-0.4, -0.2) is 81.6 Å². The molecule has 6 rings (SSSR count). The van der Waals surface area contributed by atoms with E-state index in [0.717, 1.165) is 37.0 Å². The zero-order valence-electron chi connectivity index (χ0n) is 22.0. The number of pyridine rings is 1. The molecule has 2 aromatic heterocycles. The van der Waals surface area contributed by atoms with Crippen LogP contribution >= 0.6 is 24.0 Å². The molecule has 3 saturated heterocycles. The first-order valence-electron chi connectivity index (χ1n) is 13.2. The second-order valence-corrected chi connectivity index (χ2v) is 14.4. The van der Waals surface area contributed by atoms with Crippen LogP contribution < -0.4 is 10.5 Å². The predicted molar refractivity (Wildman–Crippen MR) is 162 cm³/mol. The van der Waals surface area contributed by atoms with Gasteiger partial charge in [0.15, 0.2) is 9.84 Å². The maximum absolute atomic E-state index is 13.8. The Morgan fingerprint density at radius 1 is 1.07 bits per heavy atom. The van der Waals surface area contributed by atoms with Gasteiger partial charge in [0, 0.05) is 38.9 Å². The molecule has 0 aliphatic carbocycles. The summed E-state index contributed by atoms with van der Waals surface area (Å²) in [5, 5.41) is 0. The number of nitrogens with zero attached hydrogens (tertiary/aromatic N) is 5. The molecule has 208 valence electrons. The van der Waals surface area contributed by atoms with Gasteiger partial charge in [-0.05, 0) is 36.6 Å². The van der Waals surface area contributed by atoms with Crippen LogP contribution in [0.2, 0.25) is 0 Å². The summed E-state index contributed by atoms with van der Waals surface area (Å²) in [6.45, 7) is 5.75. The second kappa shape index (κ2) is 10.7. The average Bonchev–Trinajstić information content (AvgIpc) is 3.43. The Balaban J connectivity index is 1.33. The zero-order valence-corrected chi connectivity index (χ0v) is 24.5. The Morgan fingerprint density at radius 2 is 1.82 bits per heavy atom. The Kier molecular flexibility index (Phi) is 7.28. The zero-order chi connectivity index (χ0) is 28.0. The van der Waals surface area contributed by atoms with Gasteiger partial charge in [0.25, 0.3) is 11.5 Å². The Labute approximate surface area is 242 Å². The predicted octanol–water partition coefficient (Wildman–Crippen LogP) is 2.71. The third-order valence-corrected chi connectivity index (χ3v) is 10.7. The quantitative estimate of drug-likeness (QED) is 0.326. The Morgan fingerprint density at radius 3 is 2.52 bits per heavy atom. The number of carbonyl (C=O) groups excluding carboxylic acids is 1. The van der Waals surface area contributed by atoms with Gasteiger partial charge in [0.1, 0.15) is 15.8 Å². The van der Waals surface area contributed by atoms with E-state index in [4.69, 9.17) is 17.2 Å². The van der Waals surface area contributed by atoms with E-state index in [2.05, 4.69) is 21.9 Å². The summed E-state index contributed by atoms with van der Waals surface area (Å²) in [5.41, 5.74) is 2.78. The second-order valence-electron chi connectivity index (χ2n) is 10.4. The fourth-order valence-corrected chi connectivity index (χ4v) is 8.56. The van der Waals surface area contributed by atoms with Gasteiger partial charge in [-0.15, -0.1) is 0 Å². The van der Waals surface area contributed by atoms with Gasteiger partial charge in [-0.25, -0.2) is 13.4 Å². The van der Waals surface area contributed by atoms with Crippen molar-refractivity contribution < 1.29 is 13.2 Å². The molecule has 3 aliphatic rings. The maximum Gasteiger partial charge on any atom is 0.267 e. The van der Waals surface area contributed by atoms with E-state index in [-0.39, 0.29) is 23.0 Å². The highest BCUT2D eigenvalue weighted by molar-refractivity contribution is 8.26. The first kappa shape index (κ1) is 27.1. The lowest BCUT2D eigenvalue weighted by Crippen LogP contribution is -2.47. The monoisotopic (exact) mass is 595 g/mol. The number of rotatable bonds is 5. The standard InChI is InChI=1S/C28H29N5O4S3/c1-19-7-8-24-29-25(31-12-10-30(11-13-31)17-20-5-3-2-4-6-20)22(26(34)32(24)16-19)15-23-27(35)33(28(38)39-23)21-9-14-40(36,37)18-21/h2-8,15-16,21H,9-14,17-18H2,1H3/b23-15+.